The standard InChI is InChI=1S/C8H14N3.BF4/c1-2-10-6-7-11(8-10)5-3-4-9;2-1(3,4)5/h2,6-8H,1,3-5,9H2;/q+1;-1. The highest BCUT2D eigenvalue weighted by Gasteiger charge is 2.20. The summed E-state index contributed by atoms with van der Waals surface area (Å²) in [6, 6.07) is 0. The zero-order chi connectivity index (χ0) is 12.6. The van der Waals surface area contributed by atoms with E-state index in [9.17, 15) is 17.3 Å². The van der Waals surface area contributed by atoms with Crippen LogP contribution in [0, 0.1) is 0 Å². The third-order valence-corrected chi connectivity index (χ3v) is 1.54. The molecule has 0 amide bonds. The molecule has 1 aromatic rings. The Morgan fingerprint density at radius 3 is 2.31 bits per heavy atom. The van der Waals surface area contributed by atoms with E-state index in [1.54, 1.807) is 6.20 Å². The highest BCUT2D eigenvalue weighted by Crippen LogP contribution is 2.06. The number of nitrogens with two attached hydrogens (primary N) is 1. The molecule has 0 aliphatic rings. The molecule has 8 heteroatoms. The summed E-state index contributed by atoms with van der Waals surface area (Å²) < 4.78 is 43.0. The Kier molecular flexibility index (Phi) is 6.47. The summed E-state index contributed by atoms with van der Waals surface area (Å²) in [7, 11) is -6.00. The number of hydrogen-bond acceptors (Lipinski definition) is 1. The van der Waals surface area contributed by atoms with Gasteiger partial charge in [0.2, 0.25) is 6.33 Å². The molecule has 0 bridgehead atoms. The van der Waals surface area contributed by atoms with Crippen LogP contribution in [0.3, 0.4) is 0 Å². The maximum absolute atomic E-state index is 9.75. The summed E-state index contributed by atoms with van der Waals surface area (Å²) in [6.45, 7) is 5.38. The van der Waals surface area contributed by atoms with E-state index < -0.39 is 7.25 Å². The topological polar surface area (TPSA) is 34.8 Å². The molecule has 3 nitrogen and oxygen atoms in total. The van der Waals surface area contributed by atoms with Crippen LogP contribution in [0.4, 0.5) is 17.3 Å². The quantitative estimate of drug-likeness (QED) is 0.482. The molecule has 0 aliphatic carbocycles. The Hall–Kier alpha value is -1.31. The second-order valence-corrected chi connectivity index (χ2v) is 2.92. The number of rotatable bonds is 4. The summed E-state index contributed by atoms with van der Waals surface area (Å²) in [4.78, 5) is 0. The van der Waals surface area contributed by atoms with Crippen LogP contribution in [0.15, 0.2) is 25.3 Å². The normalized spacial score (nSPS) is 10.6. The van der Waals surface area contributed by atoms with Crippen LogP contribution >= 0.6 is 0 Å². The first kappa shape index (κ1) is 14.7. The van der Waals surface area contributed by atoms with Gasteiger partial charge in [0.15, 0.2) is 0 Å². The van der Waals surface area contributed by atoms with Crippen molar-refractivity contribution >= 4 is 13.5 Å². The lowest BCUT2D eigenvalue weighted by Crippen LogP contribution is -2.31. The highest BCUT2D eigenvalue weighted by molar-refractivity contribution is 6.50. The zero-order valence-corrected chi connectivity index (χ0v) is 8.70. The Bertz CT molecular complexity index is 304. The molecule has 0 aliphatic heterocycles. The van der Waals surface area contributed by atoms with E-state index in [1.807, 2.05) is 23.3 Å². The van der Waals surface area contributed by atoms with Gasteiger partial charge >= 0.3 is 7.25 Å². The summed E-state index contributed by atoms with van der Waals surface area (Å²) in [5.41, 5.74) is 5.38. The van der Waals surface area contributed by atoms with Gasteiger partial charge in [-0.1, -0.05) is 6.58 Å². The number of aryl methyl sites for hydroxylation is 1. The Morgan fingerprint density at radius 1 is 1.38 bits per heavy atom. The van der Waals surface area contributed by atoms with E-state index in [1.165, 1.54) is 0 Å². The van der Waals surface area contributed by atoms with Gasteiger partial charge in [-0.2, -0.15) is 0 Å². The molecule has 92 valence electrons. The molecule has 0 fully saturated rings. The number of nitrogens with zero attached hydrogens (tertiary/aromatic N) is 2. The first-order valence-corrected chi connectivity index (χ1v) is 4.63. The van der Waals surface area contributed by atoms with Crippen molar-refractivity contribution in [3.63, 3.8) is 0 Å². The fourth-order valence-corrected chi connectivity index (χ4v) is 0.925. The van der Waals surface area contributed by atoms with Gasteiger partial charge in [-0.05, 0) is 13.0 Å². The fraction of sp³-hybridized carbons (Fsp3) is 0.375. The molecule has 0 atom stereocenters. The molecule has 1 heterocycles. The largest absolute Gasteiger partial charge is 0.673 e. The van der Waals surface area contributed by atoms with Crippen molar-refractivity contribution in [3.8, 4) is 0 Å². The average molecular weight is 239 g/mol. The minimum Gasteiger partial charge on any atom is -0.418 e. The van der Waals surface area contributed by atoms with Crippen LogP contribution < -0.4 is 10.3 Å². The third-order valence-electron chi connectivity index (χ3n) is 1.54. The molecule has 0 spiro atoms. The van der Waals surface area contributed by atoms with Crippen molar-refractivity contribution in [3.05, 3.63) is 25.3 Å². The maximum atomic E-state index is 9.75. The molecular weight excluding hydrogens is 225 g/mol. The Balaban J connectivity index is 0.000000385. The van der Waals surface area contributed by atoms with Crippen LogP contribution in [0.1, 0.15) is 6.42 Å². The molecular formula is C8H14BF4N3. The molecule has 0 aromatic carbocycles. The van der Waals surface area contributed by atoms with E-state index >= 15 is 0 Å². The van der Waals surface area contributed by atoms with Crippen molar-refractivity contribution in [2.24, 2.45) is 5.73 Å². The van der Waals surface area contributed by atoms with Crippen LogP contribution in [-0.4, -0.2) is 18.4 Å². The van der Waals surface area contributed by atoms with Crippen molar-refractivity contribution in [2.45, 2.75) is 13.0 Å². The van der Waals surface area contributed by atoms with Gasteiger partial charge in [-0.3, -0.25) is 0 Å². The smallest absolute Gasteiger partial charge is 0.418 e. The van der Waals surface area contributed by atoms with E-state index in [2.05, 4.69) is 11.1 Å². The molecule has 16 heavy (non-hydrogen) atoms. The Morgan fingerprint density at radius 2 is 1.94 bits per heavy atom. The number of aromatic nitrogens is 2. The van der Waals surface area contributed by atoms with E-state index in [0.717, 1.165) is 19.5 Å². The number of imidazole rings is 1. The van der Waals surface area contributed by atoms with Gasteiger partial charge in [0.05, 0.1) is 12.7 Å². The number of halogens is 4. The van der Waals surface area contributed by atoms with E-state index in [-0.39, 0.29) is 0 Å². The first-order chi connectivity index (χ1) is 7.36. The summed E-state index contributed by atoms with van der Waals surface area (Å²) >= 11 is 0. The molecule has 1 aromatic heterocycles. The summed E-state index contributed by atoms with van der Waals surface area (Å²) in [5.74, 6) is 0. The van der Waals surface area contributed by atoms with Crippen LogP contribution in [-0.2, 0) is 6.54 Å². The first-order valence-electron chi connectivity index (χ1n) is 4.63. The molecule has 0 saturated heterocycles. The maximum Gasteiger partial charge on any atom is 0.673 e. The molecule has 0 radical (unpaired) electrons. The second kappa shape index (κ2) is 7.05. The minimum atomic E-state index is -6.00. The van der Waals surface area contributed by atoms with Gasteiger partial charge in [0.1, 0.15) is 12.4 Å². The van der Waals surface area contributed by atoms with Gasteiger partial charge < -0.3 is 23.0 Å². The second-order valence-electron chi connectivity index (χ2n) is 2.92. The van der Waals surface area contributed by atoms with Gasteiger partial charge in [0.25, 0.3) is 0 Å². The van der Waals surface area contributed by atoms with Crippen molar-refractivity contribution in [1.29, 1.82) is 0 Å². The summed E-state index contributed by atoms with van der Waals surface area (Å²) in [6.07, 6.45) is 8.74. The number of hydrogen-bond donors (Lipinski definition) is 1. The highest BCUT2D eigenvalue weighted by atomic mass is 19.5. The van der Waals surface area contributed by atoms with Crippen LogP contribution in [0.5, 0.6) is 0 Å². The van der Waals surface area contributed by atoms with Gasteiger partial charge in [-0.15, -0.1) is 0 Å². The molecule has 0 unspecified atom stereocenters. The lowest BCUT2D eigenvalue weighted by molar-refractivity contribution is -0.696. The monoisotopic (exact) mass is 239 g/mol. The van der Waals surface area contributed by atoms with Crippen molar-refractivity contribution < 1.29 is 21.8 Å². The van der Waals surface area contributed by atoms with Crippen molar-refractivity contribution in [2.75, 3.05) is 6.54 Å². The summed E-state index contributed by atoms with van der Waals surface area (Å²) in [5, 5.41) is 0. The van der Waals surface area contributed by atoms with Crippen molar-refractivity contribution in [1.82, 2.24) is 4.57 Å². The van der Waals surface area contributed by atoms with Crippen LogP contribution in [0.25, 0.3) is 6.20 Å². The zero-order valence-electron chi connectivity index (χ0n) is 8.70. The fourth-order valence-electron chi connectivity index (χ4n) is 0.925. The van der Waals surface area contributed by atoms with Gasteiger partial charge in [-0.25, -0.2) is 9.13 Å². The van der Waals surface area contributed by atoms with E-state index in [0.29, 0.717) is 0 Å². The predicted octanol–water partition coefficient (Wildman–Crippen LogP) is 1.52. The SMILES string of the molecule is C=Cn1cc[n+](CCCN)c1.F[B-](F)(F)F. The van der Waals surface area contributed by atoms with Gasteiger partial charge in [0, 0.05) is 0 Å². The lowest BCUT2D eigenvalue weighted by Gasteiger charge is -1.94. The lowest BCUT2D eigenvalue weighted by atomic mass is 10.3. The molecule has 1 rings (SSSR count). The third kappa shape index (κ3) is 9.26. The Labute approximate surface area is 91.3 Å². The predicted molar refractivity (Wildman–Crippen MR) is 54.9 cm³/mol. The molecule has 0 saturated carbocycles. The molecule has 2 N–H and O–H groups in total. The van der Waals surface area contributed by atoms with Crippen LogP contribution in [0.2, 0.25) is 0 Å². The average Bonchev–Trinajstić information content (AvgIpc) is 2.59. The minimum absolute atomic E-state index is 0.742. The van der Waals surface area contributed by atoms with E-state index in [4.69, 9.17) is 5.73 Å².